The first kappa shape index (κ1) is 27.3. The fraction of sp³-hybridized carbons (Fsp3) is 0.185. The van der Waals surface area contributed by atoms with E-state index in [2.05, 4.69) is 42.5 Å². The normalized spacial score (nSPS) is 12.8. The number of phenolic OH excluding ortho intramolecular Hbond substituents is 1. The minimum atomic E-state index is -0.760. The Morgan fingerprint density at radius 2 is 1.87 bits per heavy atom. The number of amides is 2. The number of nitrogens with two attached hydrogens (primary N) is 1. The molecule has 0 saturated heterocycles. The van der Waals surface area contributed by atoms with Crippen LogP contribution >= 0.6 is 31.9 Å². The van der Waals surface area contributed by atoms with Gasteiger partial charge in [0.25, 0.3) is 0 Å². The van der Waals surface area contributed by atoms with E-state index in [4.69, 9.17) is 19.9 Å². The van der Waals surface area contributed by atoms with Gasteiger partial charge in [0.05, 0.1) is 15.8 Å². The molecule has 3 aromatic rings. The van der Waals surface area contributed by atoms with E-state index in [-0.39, 0.29) is 18.4 Å². The quantitative estimate of drug-likeness (QED) is 0.113. The van der Waals surface area contributed by atoms with Crippen LogP contribution in [0, 0.1) is 0 Å². The van der Waals surface area contributed by atoms with Crippen LogP contribution in [0.4, 0.5) is 21.9 Å². The summed E-state index contributed by atoms with van der Waals surface area (Å²) in [6, 6.07) is 15.4. The summed E-state index contributed by atoms with van der Waals surface area (Å²) in [6.07, 6.45) is 3.21. The number of hydrogen-bond donors (Lipinski definition) is 4. The lowest BCUT2D eigenvalue weighted by atomic mass is 10.0. The molecule has 0 fully saturated rings. The molecule has 5 N–H and O–H groups in total. The number of aromatic hydroxyl groups is 1. The van der Waals surface area contributed by atoms with E-state index in [1.165, 1.54) is 6.08 Å². The highest BCUT2D eigenvalue weighted by Gasteiger charge is 2.23. The predicted octanol–water partition coefficient (Wildman–Crippen LogP) is 6.88. The third-order valence-electron chi connectivity index (χ3n) is 5.60. The van der Waals surface area contributed by atoms with Crippen molar-refractivity contribution in [3.8, 4) is 17.2 Å². The Morgan fingerprint density at radius 3 is 2.68 bits per heavy atom. The molecule has 0 unspecified atom stereocenters. The number of halogens is 2. The number of nitrogens with one attached hydrogen (secondary N) is 2. The largest absolute Gasteiger partial charge is 0.506 e. The van der Waals surface area contributed by atoms with Crippen molar-refractivity contribution in [3.05, 3.63) is 81.3 Å². The summed E-state index contributed by atoms with van der Waals surface area (Å²) in [4.78, 5) is 25.0. The molecule has 0 aromatic heterocycles. The van der Waals surface area contributed by atoms with Crippen molar-refractivity contribution in [2.45, 2.75) is 25.4 Å². The van der Waals surface area contributed by atoms with Crippen LogP contribution in [0.2, 0.25) is 0 Å². The van der Waals surface area contributed by atoms with Crippen LogP contribution in [0.1, 0.15) is 30.9 Å². The molecule has 1 aliphatic rings. The van der Waals surface area contributed by atoms with Gasteiger partial charge in [0.15, 0.2) is 11.5 Å². The monoisotopic (exact) mass is 645 g/mol. The van der Waals surface area contributed by atoms with Gasteiger partial charge in [-0.2, -0.15) is 0 Å². The zero-order valence-electron chi connectivity index (χ0n) is 20.1. The average Bonchev–Trinajstić information content (AvgIpc) is 3.34. The van der Waals surface area contributed by atoms with E-state index in [1.54, 1.807) is 60.7 Å². The molecule has 0 bridgehead atoms. The SMILES string of the molecule is Nc1ccccc1NC(=O)/C=C/CCC[C@@H](OC(=O)Nc1ccc2c(c1)OCO2)c1cc(Br)cc(Br)c1O. The molecule has 1 aliphatic heterocycles. The van der Waals surface area contributed by atoms with E-state index >= 15 is 0 Å². The second-order valence-electron chi connectivity index (χ2n) is 8.32. The van der Waals surface area contributed by atoms with Crippen molar-refractivity contribution >= 4 is 60.9 Å². The minimum Gasteiger partial charge on any atom is -0.506 e. The average molecular weight is 647 g/mol. The fourth-order valence-corrected chi connectivity index (χ4v) is 5.02. The Morgan fingerprint density at radius 1 is 1.08 bits per heavy atom. The third-order valence-corrected chi connectivity index (χ3v) is 6.66. The van der Waals surface area contributed by atoms with Crippen molar-refractivity contribution in [1.29, 1.82) is 0 Å². The van der Waals surface area contributed by atoms with Gasteiger partial charge < -0.3 is 30.4 Å². The first-order chi connectivity index (χ1) is 18.3. The molecule has 9 nitrogen and oxygen atoms in total. The zero-order chi connectivity index (χ0) is 27.1. The maximum Gasteiger partial charge on any atom is 0.412 e. The van der Waals surface area contributed by atoms with Gasteiger partial charge in [-0.25, -0.2) is 4.79 Å². The highest BCUT2D eigenvalue weighted by Crippen LogP contribution is 2.39. The molecule has 0 saturated carbocycles. The fourth-order valence-electron chi connectivity index (χ4n) is 3.76. The van der Waals surface area contributed by atoms with Crippen LogP contribution in [0.5, 0.6) is 17.2 Å². The van der Waals surface area contributed by atoms with Crippen LogP contribution in [0.25, 0.3) is 0 Å². The van der Waals surface area contributed by atoms with Crippen LogP contribution in [0.15, 0.2) is 75.7 Å². The molecular formula is C27H25Br2N3O6. The number of ether oxygens (including phenoxy) is 3. The van der Waals surface area contributed by atoms with E-state index in [9.17, 15) is 14.7 Å². The van der Waals surface area contributed by atoms with E-state index in [0.29, 0.717) is 62.3 Å². The highest BCUT2D eigenvalue weighted by atomic mass is 79.9. The number of phenols is 1. The third kappa shape index (κ3) is 7.20. The summed E-state index contributed by atoms with van der Waals surface area (Å²) in [5, 5.41) is 16.1. The van der Waals surface area contributed by atoms with Gasteiger partial charge >= 0.3 is 6.09 Å². The summed E-state index contributed by atoms with van der Waals surface area (Å²) in [7, 11) is 0. The highest BCUT2D eigenvalue weighted by molar-refractivity contribution is 9.11. The first-order valence-electron chi connectivity index (χ1n) is 11.7. The van der Waals surface area contributed by atoms with Crippen LogP contribution < -0.4 is 25.8 Å². The number of allylic oxidation sites excluding steroid dienone is 1. The van der Waals surface area contributed by atoms with Gasteiger partial charge in [-0.3, -0.25) is 10.1 Å². The number of carbonyl (C=O) groups is 2. The molecule has 1 heterocycles. The van der Waals surface area contributed by atoms with Gasteiger partial charge in [0, 0.05) is 21.8 Å². The van der Waals surface area contributed by atoms with E-state index in [1.807, 2.05) is 0 Å². The minimum absolute atomic E-state index is 0.0237. The maximum absolute atomic E-state index is 12.8. The van der Waals surface area contributed by atoms with E-state index in [0.717, 1.165) is 0 Å². The maximum atomic E-state index is 12.8. The van der Waals surface area contributed by atoms with Gasteiger partial charge in [0.1, 0.15) is 11.9 Å². The van der Waals surface area contributed by atoms with Crippen LogP contribution in [-0.2, 0) is 9.53 Å². The van der Waals surface area contributed by atoms with Crippen molar-refractivity contribution < 1.29 is 28.9 Å². The molecule has 11 heteroatoms. The van der Waals surface area contributed by atoms with Crippen molar-refractivity contribution in [3.63, 3.8) is 0 Å². The number of carbonyl (C=O) groups excluding carboxylic acids is 2. The van der Waals surface area contributed by atoms with Gasteiger partial charge in [-0.1, -0.05) is 34.1 Å². The predicted molar refractivity (Wildman–Crippen MR) is 151 cm³/mol. The smallest absolute Gasteiger partial charge is 0.412 e. The Bertz CT molecular complexity index is 1360. The van der Waals surface area contributed by atoms with Crippen LogP contribution in [0.3, 0.4) is 0 Å². The van der Waals surface area contributed by atoms with Crippen molar-refractivity contribution in [1.82, 2.24) is 0 Å². The Labute approximate surface area is 236 Å². The number of unbranched alkanes of at least 4 members (excludes halogenated alkanes) is 1. The molecule has 2 amide bonds. The van der Waals surface area contributed by atoms with Crippen molar-refractivity contribution in [2.24, 2.45) is 0 Å². The molecule has 198 valence electrons. The Kier molecular flexibility index (Phi) is 9.14. The molecule has 0 aliphatic carbocycles. The molecule has 0 spiro atoms. The summed E-state index contributed by atoms with van der Waals surface area (Å²) in [6.45, 7) is 0.124. The molecule has 3 aromatic carbocycles. The molecule has 0 radical (unpaired) electrons. The number of anilines is 3. The summed E-state index contributed by atoms with van der Waals surface area (Å²) in [5.41, 5.74) is 7.79. The second kappa shape index (κ2) is 12.7. The van der Waals surface area contributed by atoms with Gasteiger partial charge in [-0.15, -0.1) is 0 Å². The number of benzene rings is 3. The standard InChI is InChI=1S/C27H25Br2N3O6/c28-16-12-18(26(34)19(29)13-16)22(38-27(35)31-17-10-11-23-24(14-17)37-15-36-23)8-2-1-3-9-25(33)32-21-7-5-4-6-20(21)30/h3-7,9-14,22,34H,1-2,8,15,30H2,(H,31,35)(H,32,33)/b9-3+/t22-/m1/s1. The molecule has 1 atom stereocenters. The summed E-state index contributed by atoms with van der Waals surface area (Å²) >= 11 is 6.75. The lowest BCUT2D eigenvalue weighted by molar-refractivity contribution is -0.111. The van der Waals surface area contributed by atoms with Crippen molar-refractivity contribution in [2.75, 3.05) is 23.2 Å². The number of hydrogen-bond acceptors (Lipinski definition) is 7. The summed E-state index contributed by atoms with van der Waals surface area (Å²) in [5.74, 6) is 0.801. The van der Waals surface area contributed by atoms with Gasteiger partial charge in [0.2, 0.25) is 12.7 Å². The lowest BCUT2D eigenvalue weighted by Gasteiger charge is -2.20. The number of fused-ring (bicyclic) bond motifs is 1. The Balaban J connectivity index is 1.38. The van der Waals surface area contributed by atoms with Crippen LogP contribution in [-0.4, -0.2) is 23.9 Å². The molecular weight excluding hydrogens is 622 g/mol. The second-order valence-corrected chi connectivity index (χ2v) is 10.1. The summed E-state index contributed by atoms with van der Waals surface area (Å²) < 4.78 is 17.5. The first-order valence-corrected chi connectivity index (χ1v) is 13.3. The molecule has 38 heavy (non-hydrogen) atoms. The van der Waals surface area contributed by atoms with Gasteiger partial charge in [-0.05, 0) is 77.7 Å². The lowest BCUT2D eigenvalue weighted by Crippen LogP contribution is -2.18. The van der Waals surface area contributed by atoms with E-state index < -0.39 is 12.2 Å². The zero-order valence-corrected chi connectivity index (χ0v) is 23.3. The number of para-hydroxylation sites is 2. The number of rotatable bonds is 9. The number of nitrogen functional groups attached to an aromatic ring is 1. The topological polar surface area (TPSA) is 132 Å². The molecule has 4 rings (SSSR count). The Hall–Kier alpha value is -3.70.